The normalized spacial score (nSPS) is 23.7. The van der Waals surface area contributed by atoms with E-state index in [-0.39, 0.29) is 0 Å². The Morgan fingerprint density at radius 2 is 2.13 bits per heavy atom. The Balaban J connectivity index is 2.35. The molecule has 0 radical (unpaired) electrons. The van der Waals surface area contributed by atoms with E-state index in [1.807, 2.05) is 0 Å². The van der Waals surface area contributed by atoms with Crippen molar-refractivity contribution in [3.8, 4) is 5.75 Å². The van der Waals surface area contributed by atoms with Gasteiger partial charge in [-0.25, -0.2) is 0 Å². The van der Waals surface area contributed by atoms with Gasteiger partial charge in [0, 0.05) is 5.56 Å². The van der Waals surface area contributed by atoms with Crippen molar-refractivity contribution in [2.45, 2.75) is 39.3 Å². The third-order valence-corrected chi connectivity index (χ3v) is 3.04. The lowest BCUT2D eigenvalue weighted by molar-refractivity contribution is 0.185. The maximum absolute atomic E-state index is 5.99. The molecule has 2 unspecified atom stereocenters. The molecule has 0 aromatic heterocycles. The molecule has 1 heterocycles. The third kappa shape index (κ3) is 1.74. The van der Waals surface area contributed by atoms with Crippen molar-refractivity contribution in [2.75, 3.05) is 6.54 Å². The minimum atomic E-state index is 0.293. The molecule has 2 nitrogen and oxygen atoms in total. The number of hydrogen-bond donors (Lipinski definition) is 1. The van der Waals surface area contributed by atoms with Gasteiger partial charge < -0.3 is 10.1 Å². The van der Waals surface area contributed by atoms with Crippen LogP contribution in [0.1, 0.15) is 37.4 Å². The molecule has 2 rings (SSSR count). The number of hydrogen-bond acceptors (Lipinski definition) is 2. The van der Waals surface area contributed by atoms with Crippen molar-refractivity contribution in [2.24, 2.45) is 0 Å². The lowest BCUT2D eigenvalue weighted by Crippen LogP contribution is -2.30. The minimum Gasteiger partial charge on any atom is -0.488 e. The van der Waals surface area contributed by atoms with E-state index >= 15 is 0 Å². The van der Waals surface area contributed by atoms with Gasteiger partial charge in [0.05, 0.1) is 6.04 Å². The Hall–Kier alpha value is -1.02. The topological polar surface area (TPSA) is 21.3 Å². The van der Waals surface area contributed by atoms with Crippen LogP contribution in [-0.4, -0.2) is 12.6 Å². The van der Waals surface area contributed by atoms with Crippen LogP contribution in [0.25, 0.3) is 0 Å². The first kappa shape index (κ1) is 10.5. The van der Waals surface area contributed by atoms with E-state index < -0.39 is 0 Å². The van der Waals surface area contributed by atoms with E-state index in [4.69, 9.17) is 4.74 Å². The molecule has 0 amide bonds. The third-order valence-electron chi connectivity index (χ3n) is 3.04. The summed E-state index contributed by atoms with van der Waals surface area (Å²) < 4.78 is 5.99. The molecule has 1 aromatic rings. The summed E-state index contributed by atoms with van der Waals surface area (Å²) in [7, 11) is 0. The monoisotopic (exact) mass is 205 g/mol. The van der Waals surface area contributed by atoms with Crippen LogP contribution in [0.4, 0.5) is 0 Å². The number of para-hydroxylation sites is 1. The van der Waals surface area contributed by atoms with Gasteiger partial charge >= 0.3 is 0 Å². The molecule has 2 atom stereocenters. The van der Waals surface area contributed by atoms with Crippen molar-refractivity contribution in [1.29, 1.82) is 0 Å². The van der Waals surface area contributed by atoms with E-state index in [1.165, 1.54) is 11.1 Å². The summed E-state index contributed by atoms with van der Waals surface area (Å²) >= 11 is 0. The summed E-state index contributed by atoms with van der Waals surface area (Å²) in [6.45, 7) is 7.41. The lowest BCUT2D eigenvalue weighted by atomic mass is 10.0. The molecule has 1 aromatic carbocycles. The number of fused-ring (bicyclic) bond motifs is 1. The molecule has 1 aliphatic rings. The summed E-state index contributed by atoms with van der Waals surface area (Å²) in [4.78, 5) is 0. The quantitative estimate of drug-likeness (QED) is 0.819. The van der Waals surface area contributed by atoms with Crippen LogP contribution >= 0.6 is 0 Å². The highest BCUT2D eigenvalue weighted by Crippen LogP contribution is 2.39. The summed E-state index contributed by atoms with van der Waals surface area (Å²) in [5.41, 5.74) is 2.56. The van der Waals surface area contributed by atoms with Gasteiger partial charge in [-0.2, -0.15) is 0 Å². The lowest BCUT2D eigenvalue weighted by Gasteiger charge is -2.17. The molecule has 2 heteroatoms. The van der Waals surface area contributed by atoms with Crippen LogP contribution in [0.15, 0.2) is 18.2 Å². The largest absolute Gasteiger partial charge is 0.488 e. The van der Waals surface area contributed by atoms with Gasteiger partial charge in [0.1, 0.15) is 11.9 Å². The van der Waals surface area contributed by atoms with Gasteiger partial charge in [0.25, 0.3) is 0 Å². The van der Waals surface area contributed by atoms with Gasteiger partial charge in [-0.1, -0.05) is 32.0 Å². The SMILES string of the molecule is CCNC1c2cccc(C)c2OC1CC. The molecular formula is C13H19NO. The van der Waals surface area contributed by atoms with Crippen LogP contribution in [-0.2, 0) is 0 Å². The van der Waals surface area contributed by atoms with E-state index in [9.17, 15) is 0 Å². The smallest absolute Gasteiger partial charge is 0.127 e. The van der Waals surface area contributed by atoms with Gasteiger partial charge in [0.15, 0.2) is 0 Å². The van der Waals surface area contributed by atoms with Crippen molar-refractivity contribution >= 4 is 0 Å². The van der Waals surface area contributed by atoms with E-state index in [0.717, 1.165) is 18.7 Å². The summed E-state index contributed by atoms with van der Waals surface area (Å²) in [5, 5.41) is 3.50. The minimum absolute atomic E-state index is 0.293. The Morgan fingerprint density at radius 1 is 1.33 bits per heavy atom. The molecule has 1 N–H and O–H groups in total. The average Bonchev–Trinajstić information content (AvgIpc) is 2.59. The average molecular weight is 205 g/mol. The second-order valence-electron chi connectivity index (χ2n) is 4.09. The summed E-state index contributed by atoms with van der Waals surface area (Å²) in [6, 6.07) is 6.76. The van der Waals surface area contributed by atoms with E-state index in [1.54, 1.807) is 0 Å². The molecule has 0 aliphatic carbocycles. The summed E-state index contributed by atoms with van der Waals surface area (Å²) in [6.07, 6.45) is 1.34. The number of likely N-dealkylation sites (N-methyl/N-ethyl adjacent to an activating group) is 1. The molecule has 15 heavy (non-hydrogen) atoms. The van der Waals surface area contributed by atoms with Crippen LogP contribution in [0.3, 0.4) is 0 Å². The Kier molecular flexibility index (Phi) is 2.96. The predicted octanol–water partition coefficient (Wildman–Crippen LogP) is 2.82. The zero-order valence-corrected chi connectivity index (χ0v) is 9.71. The Bertz CT molecular complexity index is 348. The van der Waals surface area contributed by atoms with Crippen molar-refractivity contribution < 1.29 is 4.74 Å². The molecule has 0 bridgehead atoms. The van der Waals surface area contributed by atoms with Crippen LogP contribution in [0.2, 0.25) is 0 Å². The van der Waals surface area contributed by atoms with E-state index in [2.05, 4.69) is 44.3 Å². The molecule has 0 fully saturated rings. The number of aryl methyl sites for hydroxylation is 1. The Morgan fingerprint density at radius 3 is 2.80 bits per heavy atom. The van der Waals surface area contributed by atoms with Crippen molar-refractivity contribution in [1.82, 2.24) is 5.32 Å². The maximum Gasteiger partial charge on any atom is 0.127 e. The molecule has 1 aliphatic heterocycles. The van der Waals surface area contributed by atoms with Crippen LogP contribution in [0.5, 0.6) is 5.75 Å². The zero-order chi connectivity index (χ0) is 10.8. The number of benzene rings is 1. The second kappa shape index (κ2) is 4.23. The first-order valence-electron chi connectivity index (χ1n) is 5.77. The van der Waals surface area contributed by atoms with Gasteiger partial charge in [0.2, 0.25) is 0 Å². The van der Waals surface area contributed by atoms with Crippen molar-refractivity contribution in [3.05, 3.63) is 29.3 Å². The first-order chi connectivity index (χ1) is 7.27. The van der Waals surface area contributed by atoms with Gasteiger partial charge in [-0.3, -0.25) is 0 Å². The predicted molar refractivity (Wildman–Crippen MR) is 62.3 cm³/mol. The highest BCUT2D eigenvalue weighted by Gasteiger charge is 2.32. The highest BCUT2D eigenvalue weighted by molar-refractivity contribution is 5.46. The second-order valence-corrected chi connectivity index (χ2v) is 4.09. The highest BCUT2D eigenvalue weighted by atomic mass is 16.5. The Labute approximate surface area is 91.6 Å². The van der Waals surface area contributed by atoms with Crippen LogP contribution in [0, 0.1) is 6.92 Å². The number of rotatable bonds is 3. The number of ether oxygens (including phenoxy) is 1. The fraction of sp³-hybridized carbons (Fsp3) is 0.538. The molecule has 0 saturated heterocycles. The first-order valence-corrected chi connectivity index (χ1v) is 5.77. The van der Waals surface area contributed by atoms with Crippen molar-refractivity contribution in [3.63, 3.8) is 0 Å². The number of nitrogens with one attached hydrogen (secondary N) is 1. The standard InChI is InChI=1S/C13H19NO/c1-4-11-12(14-5-2)10-8-6-7-9(3)13(10)15-11/h6-8,11-12,14H,4-5H2,1-3H3. The van der Waals surface area contributed by atoms with Gasteiger partial charge in [-0.15, -0.1) is 0 Å². The fourth-order valence-corrected chi connectivity index (χ4v) is 2.28. The molecule has 0 spiro atoms. The van der Waals surface area contributed by atoms with Crippen LogP contribution < -0.4 is 10.1 Å². The van der Waals surface area contributed by atoms with E-state index in [0.29, 0.717) is 12.1 Å². The van der Waals surface area contributed by atoms with Gasteiger partial charge in [-0.05, 0) is 25.5 Å². The zero-order valence-electron chi connectivity index (χ0n) is 9.71. The maximum atomic E-state index is 5.99. The molecule has 0 saturated carbocycles. The summed E-state index contributed by atoms with van der Waals surface area (Å²) in [5.74, 6) is 1.09. The fourth-order valence-electron chi connectivity index (χ4n) is 2.28. The molecular weight excluding hydrogens is 186 g/mol. The molecule has 82 valence electrons.